The molecular formula is C41H70N2O6Si2. The summed E-state index contributed by atoms with van der Waals surface area (Å²) in [6.07, 6.45) is 16.0. The number of benzene rings is 2. The smallest absolute Gasteiger partial charge is 0.412 e. The number of hydrogen-bond acceptors (Lipinski definition) is 6. The van der Waals surface area contributed by atoms with Gasteiger partial charge in [-0.1, -0.05) is 102 Å². The number of carbonyl (C=O) groups is 2. The molecule has 0 saturated carbocycles. The van der Waals surface area contributed by atoms with Gasteiger partial charge in [0.15, 0.2) is 16.6 Å². The summed E-state index contributed by atoms with van der Waals surface area (Å²) in [4.78, 5) is 25.4. The van der Waals surface area contributed by atoms with Crippen LogP contribution in [0.4, 0.5) is 21.0 Å². The van der Waals surface area contributed by atoms with Crippen molar-refractivity contribution < 1.29 is 27.9 Å². The highest BCUT2D eigenvalue weighted by Crippen LogP contribution is 2.23. The first kappa shape index (κ1) is 44.3. The molecular weight excluding hydrogens is 673 g/mol. The van der Waals surface area contributed by atoms with Crippen LogP contribution in [0.2, 0.25) is 38.8 Å². The Labute approximate surface area is 312 Å². The second-order valence-corrected chi connectivity index (χ2v) is 24.7. The molecule has 0 aliphatic carbocycles. The van der Waals surface area contributed by atoms with E-state index in [1.54, 1.807) is 12.1 Å². The van der Waals surface area contributed by atoms with Crippen molar-refractivity contribution in [3.63, 3.8) is 0 Å². The quantitative estimate of drug-likeness (QED) is 0.0736. The first-order valence-electron chi connectivity index (χ1n) is 19.7. The molecule has 0 heterocycles. The lowest BCUT2D eigenvalue weighted by atomic mass is 10.0. The van der Waals surface area contributed by atoms with Crippen LogP contribution in [0.15, 0.2) is 42.5 Å². The number of anilines is 2. The summed E-state index contributed by atoms with van der Waals surface area (Å²) in [5, 5.41) is 5.68. The molecule has 2 rings (SSSR count). The lowest BCUT2D eigenvalue weighted by Gasteiger charge is -2.31. The molecule has 0 aliphatic rings. The Bertz CT molecular complexity index is 1270. The molecule has 288 valence electrons. The Hall–Kier alpha value is -2.83. The Morgan fingerprint density at radius 3 is 1.94 bits per heavy atom. The molecule has 2 N–H and O–H groups in total. The summed E-state index contributed by atoms with van der Waals surface area (Å²) in [5.74, 6) is 0.763. The van der Waals surface area contributed by atoms with Crippen molar-refractivity contribution in [2.45, 2.75) is 162 Å². The van der Waals surface area contributed by atoms with Crippen molar-refractivity contribution in [1.29, 1.82) is 0 Å². The highest BCUT2D eigenvalue weighted by molar-refractivity contribution is 6.84. The third kappa shape index (κ3) is 22.0. The standard InChI is InChI=1S/C41H70N2O6Si2/c1-9-10-11-12-13-14-15-16-17-20-23-38(33-47-37-27-24-34(2)25-28-37)48-41(45)43-39-29-26-36(32-35(39)3)42-40(44)46-30-21-18-19-22-31-51(7,8)49-50(4,5)6/h24-29,32,38H,9-23,30-31,33H2,1-8H3,(H,42,44)(H,43,45). The van der Waals surface area contributed by atoms with E-state index in [2.05, 4.69) is 50.3 Å². The summed E-state index contributed by atoms with van der Waals surface area (Å²) >= 11 is 0. The largest absolute Gasteiger partial charge is 0.490 e. The minimum absolute atomic E-state index is 0.297. The third-order valence-corrected chi connectivity index (χ3v) is 15.0. The summed E-state index contributed by atoms with van der Waals surface area (Å²) in [7, 11) is -3.09. The van der Waals surface area contributed by atoms with E-state index in [1.807, 2.05) is 44.2 Å². The number of amides is 2. The Balaban J connectivity index is 1.75. The van der Waals surface area contributed by atoms with Gasteiger partial charge in [-0.15, -0.1) is 0 Å². The monoisotopic (exact) mass is 742 g/mol. The van der Waals surface area contributed by atoms with Crippen LogP contribution in [-0.2, 0) is 13.6 Å². The minimum atomic E-state index is -1.59. The van der Waals surface area contributed by atoms with E-state index < -0.39 is 28.8 Å². The molecule has 2 aromatic carbocycles. The van der Waals surface area contributed by atoms with E-state index >= 15 is 0 Å². The zero-order valence-electron chi connectivity index (χ0n) is 33.3. The summed E-state index contributed by atoms with van der Waals surface area (Å²) in [5.41, 5.74) is 3.20. The van der Waals surface area contributed by atoms with Crippen molar-refractivity contribution in [3.8, 4) is 5.75 Å². The van der Waals surface area contributed by atoms with Crippen LogP contribution >= 0.6 is 0 Å². The van der Waals surface area contributed by atoms with Gasteiger partial charge in [-0.2, -0.15) is 0 Å². The van der Waals surface area contributed by atoms with Crippen LogP contribution < -0.4 is 15.4 Å². The molecule has 0 fully saturated rings. The molecule has 0 saturated heterocycles. The van der Waals surface area contributed by atoms with Gasteiger partial charge < -0.3 is 18.3 Å². The molecule has 2 aromatic rings. The summed E-state index contributed by atoms with van der Waals surface area (Å²) in [6.45, 7) is 18.3. The van der Waals surface area contributed by atoms with Gasteiger partial charge in [0.1, 0.15) is 18.5 Å². The van der Waals surface area contributed by atoms with E-state index in [1.165, 1.54) is 63.0 Å². The van der Waals surface area contributed by atoms with Crippen molar-refractivity contribution in [2.24, 2.45) is 0 Å². The average Bonchev–Trinajstić information content (AvgIpc) is 3.04. The molecule has 0 aliphatic heterocycles. The number of hydrogen-bond donors (Lipinski definition) is 2. The predicted molar refractivity (Wildman–Crippen MR) is 218 cm³/mol. The Kier molecular flexibility index (Phi) is 21.2. The fourth-order valence-corrected chi connectivity index (χ4v) is 14.4. The summed E-state index contributed by atoms with van der Waals surface area (Å²) < 4.78 is 23.7. The van der Waals surface area contributed by atoms with E-state index in [9.17, 15) is 9.59 Å². The number of rotatable bonds is 26. The predicted octanol–water partition coefficient (Wildman–Crippen LogP) is 12.8. The van der Waals surface area contributed by atoms with E-state index in [4.69, 9.17) is 18.3 Å². The van der Waals surface area contributed by atoms with Crippen LogP contribution in [0.5, 0.6) is 5.75 Å². The maximum Gasteiger partial charge on any atom is 0.412 e. The topological polar surface area (TPSA) is 95.1 Å². The van der Waals surface area contributed by atoms with Crippen LogP contribution in [0.25, 0.3) is 0 Å². The highest BCUT2D eigenvalue weighted by atomic mass is 28.4. The second-order valence-electron chi connectivity index (χ2n) is 15.7. The Morgan fingerprint density at radius 1 is 0.706 bits per heavy atom. The first-order chi connectivity index (χ1) is 24.3. The molecule has 1 atom stereocenters. The maximum atomic E-state index is 13.0. The average molecular weight is 743 g/mol. The molecule has 10 heteroatoms. The van der Waals surface area contributed by atoms with Crippen molar-refractivity contribution in [2.75, 3.05) is 23.8 Å². The van der Waals surface area contributed by atoms with E-state index in [0.717, 1.165) is 56.3 Å². The lowest BCUT2D eigenvalue weighted by molar-refractivity contribution is 0.0678. The SMILES string of the molecule is CCCCCCCCCCCCC(COc1ccc(C)cc1)OC(=O)Nc1ccc(NC(=O)OCCCCCC[Si](C)(C)O[Si](C)(C)C)cc1C. The number of nitrogens with one attached hydrogen (secondary N) is 2. The lowest BCUT2D eigenvalue weighted by Crippen LogP contribution is -2.42. The molecule has 2 amide bonds. The number of carbonyl (C=O) groups excluding carboxylic acids is 2. The third-order valence-electron chi connectivity index (χ3n) is 8.81. The van der Waals surface area contributed by atoms with Gasteiger partial charge in [-0.25, -0.2) is 9.59 Å². The van der Waals surface area contributed by atoms with Crippen LogP contribution in [-0.4, -0.2) is 48.1 Å². The molecule has 8 nitrogen and oxygen atoms in total. The molecule has 0 spiro atoms. The fourth-order valence-electron chi connectivity index (χ4n) is 6.24. The second kappa shape index (κ2) is 24.4. The number of ether oxygens (including phenoxy) is 3. The number of aryl methyl sites for hydroxylation is 2. The normalized spacial score (nSPS) is 12.3. The van der Waals surface area contributed by atoms with Crippen LogP contribution in [0, 0.1) is 13.8 Å². The molecule has 0 aromatic heterocycles. The van der Waals surface area contributed by atoms with Crippen LogP contribution in [0.3, 0.4) is 0 Å². The van der Waals surface area contributed by atoms with Crippen molar-refractivity contribution in [1.82, 2.24) is 0 Å². The van der Waals surface area contributed by atoms with E-state index in [0.29, 0.717) is 24.6 Å². The maximum absolute atomic E-state index is 13.0. The zero-order chi connectivity index (χ0) is 37.5. The van der Waals surface area contributed by atoms with Crippen molar-refractivity contribution in [3.05, 3.63) is 53.6 Å². The van der Waals surface area contributed by atoms with Gasteiger partial charge in [0.05, 0.1) is 6.61 Å². The molecule has 0 bridgehead atoms. The van der Waals surface area contributed by atoms with E-state index in [-0.39, 0.29) is 6.10 Å². The first-order valence-corrected chi connectivity index (χ1v) is 26.2. The Morgan fingerprint density at radius 2 is 1.31 bits per heavy atom. The van der Waals surface area contributed by atoms with Gasteiger partial charge in [0.2, 0.25) is 0 Å². The summed E-state index contributed by atoms with van der Waals surface area (Å²) in [6, 6.07) is 14.4. The van der Waals surface area contributed by atoms with Gasteiger partial charge in [0, 0.05) is 11.4 Å². The molecule has 0 radical (unpaired) electrons. The molecule has 1 unspecified atom stereocenters. The van der Waals surface area contributed by atoms with Crippen molar-refractivity contribution >= 4 is 40.2 Å². The number of unbranched alkanes of at least 4 members (excludes halogenated alkanes) is 12. The highest BCUT2D eigenvalue weighted by Gasteiger charge is 2.28. The van der Waals surface area contributed by atoms with Crippen LogP contribution in [0.1, 0.15) is 114 Å². The van der Waals surface area contributed by atoms with Gasteiger partial charge in [-0.3, -0.25) is 10.6 Å². The molecule has 51 heavy (non-hydrogen) atoms. The minimum Gasteiger partial charge on any atom is -0.490 e. The van der Waals surface area contributed by atoms with Gasteiger partial charge in [0.25, 0.3) is 0 Å². The fraction of sp³-hybridized carbons (Fsp3) is 0.659. The zero-order valence-corrected chi connectivity index (χ0v) is 35.3. The van der Waals surface area contributed by atoms with Gasteiger partial charge >= 0.3 is 12.2 Å². The van der Waals surface area contributed by atoms with Gasteiger partial charge in [-0.05, 0) is 108 Å².